The van der Waals surface area contributed by atoms with Crippen LogP contribution in [0.2, 0.25) is 0 Å². The van der Waals surface area contributed by atoms with E-state index in [1.807, 2.05) is 20.8 Å². The van der Waals surface area contributed by atoms with Gasteiger partial charge in [0.15, 0.2) is 0 Å². The highest BCUT2D eigenvalue weighted by Crippen LogP contribution is 2.19. The standard InChI is InChI=1S/C11H18N2O3/c1-7(10(15)16-5)13-9(14)6-8(12-13)11(2,3)4/h6-7,12H,1-5H3. The topological polar surface area (TPSA) is 64.1 Å². The van der Waals surface area contributed by atoms with Gasteiger partial charge in [0.25, 0.3) is 5.56 Å². The summed E-state index contributed by atoms with van der Waals surface area (Å²) >= 11 is 0. The Morgan fingerprint density at radius 1 is 1.50 bits per heavy atom. The fraction of sp³-hybridized carbons (Fsp3) is 0.636. The van der Waals surface area contributed by atoms with Gasteiger partial charge in [-0.1, -0.05) is 20.8 Å². The summed E-state index contributed by atoms with van der Waals surface area (Å²) in [6.45, 7) is 7.60. The monoisotopic (exact) mass is 226 g/mol. The Bertz CT molecular complexity index is 437. The van der Waals surface area contributed by atoms with Crippen LogP contribution in [0.15, 0.2) is 10.9 Å². The molecule has 0 aliphatic heterocycles. The van der Waals surface area contributed by atoms with Gasteiger partial charge in [-0.2, -0.15) is 0 Å². The number of aromatic nitrogens is 2. The lowest BCUT2D eigenvalue weighted by molar-refractivity contribution is -0.144. The average Bonchev–Trinajstić information content (AvgIpc) is 2.57. The lowest BCUT2D eigenvalue weighted by Gasteiger charge is -2.16. The van der Waals surface area contributed by atoms with Crippen molar-refractivity contribution in [2.24, 2.45) is 0 Å². The Morgan fingerprint density at radius 3 is 2.44 bits per heavy atom. The number of nitrogens with one attached hydrogen (secondary N) is 1. The maximum Gasteiger partial charge on any atom is 0.330 e. The van der Waals surface area contributed by atoms with Crippen molar-refractivity contribution >= 4 is 5.97 Å². The van der Waals surface area contributed by atoms with Crippen LogP contribution in [0.4, 0.5) is 0 Å². The van der Waals surface area contributed by atoms with E-state index in [0.717, 1.165) is 5.69 Å². The molecule has 0 bridgehead atoms. The Labute approximate surface area is 94.4 Å². The molecular formula is C11H18N2O3. The lowest BCUT2D eigenvalue weighted by Crippen LogP contribution is -2.27. The summed E-state index contributed by atoms with van der Waals surface area (Å²) < 4.78 is 5.88. The van der Waals surface area contributed by atoms with Crippen molar-refractivity contribution in [2.75, 3.05) is 7.11 Å². The summed E-state index contributed by atoms with van der Waals surface area (Å²) in [5.41, 5.74) is 0.427. The van der Waals surface area contributed by atoms with E-state index in [9.17, 15) is 9.59 Å². The zero-order chi connectivity index (χ0) is 12.5. The number of carbonyl (C=O) groups is 1. The molecule has 5 nitrogen and oxygen atoms in total. The molecule has 0 fully saturated rings. The SMILES string of the molecule is COC(=O)C(C)n1[nH]c(C(C)(C)C)cc1=O. The molecule has 0 saturated heterocycles. The highest BCUT2D eigenvalue weighted by molar-refractivity contribution is 5.73. The van der Waals surface area contributed by atoms with Crippen molar-refractivity contribution in [1.29, 1.82) is 0 Å². The highest BCUT2D eigenvalue weighted by Gasteiger charge is 2.22. The van der Waals surface area contributed by atoms with Gasteiger partial charge in [0.1, 0.15) is 6.04 Å². The fourth-order valence-corrected chi connectivity index (χ4v) is 1.36. The molecule has 90 valence electrons. The number of carbonyl (C=O) groups excluding carboxylic acids is 1. The highest BCUT2D eigenvalue weighted by atomic mass is 16.5. The quantitative estimate of drug-likeness (QED) is 0.771. The molecule has 1 heterocycles. The molecule has 1 atom stereocenters. The number of rotatable bonds is 2. The minimum Gasteiger partial charge on any atom is -0.467 e. The molecule has 1 unspecified atom stereocenters. The summed E-state index contributed by atoms with van der Waals surface area (Å²) in [5, 5.41) is 2.94. The van der Waals surface area contributed by atoms with Crippen LogP contribution in [-0.2, 0) is 14.9 Å². The van der Waals surface area contributed by atoms with Crippen molar-refractivity contribution < 1.29 is 9.53 Å². The normalized spacial score (nSPS) is 13.6. The first-order valence-corrected chi connectivity index (χ1v) is 5.17. The van der Waals surface area contributed by atoms with Gasteiger partial charge in [0.05, 0.1) is 7.11 Å². The van der Waals surface area contributed by atoms with E-state index in [2.05, 4.69) is 9.84 Å². The van der Waals surface area contributed by atoms with E-state index in [1.165, 1.54) is 17.9 Å². The predicted molar refractivity (Wildman–Crippen MR) is 60.5 cm³/mol. The van der Waals surface area contributed by atoms with E-state index in [4.69, 9.17) is 0 Å². The van der Waals surface area contributed by atoms with Crippen LogP contribution < -0.4 is 5.56 Å². The van der Waals surface area contributed by atoms with E-state index < -0.39 is 12.0 Å². The Kier molecular flexibility index (Phi) is 3.26. The molecule has 16 heavy (non-hydrogen) atoms. The second-order valence-corrected chi connectivity index (χ2v) is 4.83. The number of nitrogens with zero attached hydrogens (tertiary/aromatic N) is 1. The number of hydrogen-bond donors (Lipinski definition) is 1. The molecule has 1 aromatic heterocycles. The number of esters is 1. The molecule has 0 amide bonds. The van der Waals surface area contributed by atoms with Crippen molar-refractivity contribution in [3.8, 4) is 0 Å². The minimum atomic E-state index is -0.631. The molecule has 0 radical (unpaired) electrons. The second-order valence-electron chi connectivity index (χ2n) is 4.83. The van der Waals surface area contributed by atoms with Crippen LogP contribution >= 0.6 is 0 Å². The third-order valence-electron chi connectivity index (χ3n) is 2.48. The summed E-state index contributed by atoms with van der Waals surface area (Å²) in [7, 11) is 1.30. The minimum absolute atomic E-state index is 0.153. The van der Waals surface area contributed by atoms with Gasteiger partial charge in [-0.3, -0.25) is 9.89 Å². The summed E-state index contributed by atoms with van der Waals surface area (Å²) in [5.74, 6) is -0.440. The molecule has 1 aromatic rings. The van der Waals surface area contributed by atoms with Crippen molar-refractivity contribution in [2.45, 2.75) is 39.2 Å². The van der Waals surface area contributed by atoms with E-state index in [0.29, 0.717) is 0 Å². The van der Waals surface area contributed by atoms with Gasteiger partial charge in [-0.15, -0.1) is 0 Å². The van der Waals surface area contributed by atoms with Gasteiger partial charge in [-0.25, -0.2) is 9.48 Å². The molecule has 0 aromatic carbocycles. The third kappa shape index (κ3) is 2.35. The average molecular weight is 226 g/mol. The van der Waals surface area contributed by atoms with Gasteiger partial charge in [0, 0.05) is 17.2 Å². The number of methoxy groups -OCH3 is 1. The van der Waals surface area contributed by atoms with E-state index in [-0.39, 0.29) is 11.0 Å². The van der Waals surface area contributed by atoms with Crippen LogP contribution in [0.3, 0.4) is 0 Å². The van der Waals surface area contributed by atoms with Crippen LogP contribution in [0.1, 0.15) is 39.4 Å². The molecule has 0 spiro atoms. The number of hydrogen-bond acceptors (Lipinski definition) is 3. The van der Waals surface area contributed by atoms with Gasteiger partial charge >= 0.3 is 5.97 Å². The molecule has 5 heteroatoms. The molecular weight excluding hydrogens is 208 g/mol. The Balaban J connectivity index is 3.13. The first-order valence-electron chi connectivity index (χ1n) is 5.17. The van der Waals surface area contributed by atoms with Crippen LogP contribution in [0.25, 0.3) is 0 Å². The molecule has 0 aliphatic carbocycles. The third-order valence-corrected chi connectivity index (χ3v) is 2.48. The Hall–Kier alpha value is -1.52. The molecule has 1 rings (SSSR count). The molecule has 0 aliphatic rings. The summed E-state index contributed by atoms with van der Waals surface area (Å²) in [6.07, 6.45) is 0. The Morgan fingerprint density at radius 2 is 2.06 bits per heavy atom. The number of ether oxygens (including phenoxy) is 1. The van der Waals surface area contributed by atoms with Gasteiger partial charge in [-0.05, 0) is 6.92 Å². The maximum absolute atomic E-state index is 11.7. The largest absolute Gasteiger partial charge is 0.467 e. The van der Waals surface area contributed by atoms with E-state index >= 15 is 0 Å². The first kappa shape index (κ1) is 12.5. The number of H-pyrrole nitrogens is 1. The molecule has 1 N–H and O–H groups in total. The second kappa shape index (κ2) is 4.15. The van der Waals surface area contributed by atoms with Gasteiger partial charge in [0.2, 0.25) is 0 Å². The van der Waals surface area contributed by atoms with Gasteiger partial charge < -0.3 is 4.74 Å². The van der Waals surface area contributed by atoms with Crippen molar-refractivity contribution in [3.63, 3.8) is 0 Å². The van der Waals surface area contributed by atoms with Crippen LogP contribution in [0, 0.1) is 0 Å². The summed E-state index contributed by atoms with van der Waals surface area (Å²) in [4.78, 5) is 23.0. The zero-order valence-corrected chi connectivity index (χ0v) is 10.3. The number of aromatic amines is 1. The van der Waals surface area contributed by atoms with Crippen molar-refractivity contribution in [1.82, 2.24) is 9.78 Å². The zero-order valence-electron chi connectivity index (χ0n) is 10.3. The van der Waals surface area contributed by atoms with Crippen LogP contribution in [-0.4, -0.2) is 22.9 Å². The fourth-order valence-electron chi connectivity index (χ4n) is 1.36. The maximum atomic E-state index is 11.7. The van der Waals surface area contributed by atoms with E-state index in [1.54, 1.807) is 6.92 Å². The molecule has 0 saturated carbocycles. The summed E-state index contributed by atoms with van der Waals surface area (Å²) in [6, 6.07) is 0.882. The van der Waals surface area contributed by atoms with Crippen molar-refractivity contribution in [3.05, 3.63) is 22.1 Å². The first-order chi connectivity index (χ1) is 7.27. The lowest BCUT2D eigenvalue weighted by atomic mass is 9.93. The smallest absolute Gasteiger partial charge is 0.330 e. The predicted octanol–water partition coefficient (Wildman–Crippen LogP) is 1.21. The van der Waals surface area contributed by atoms with Crippen LogP contribution in [0.5, 0.6) is 0 Å².